The van der Waals surface area contributed by atoms with Gasteiger partial charge in [0.05, 0.1) is 17.1 Å². The highest BCUT2D eigenvalue weighted by Gasteiger charge is 2.37. The van der Waals surface area contributed by atoms with Crippen molar-refractivity contribution in [3.05, 3.63) is 83.4 Å². The summed E-state index contributed by atoms with van der Waals surface area (Å²) in [6.07, 6.45) is -1.02. The lowest BCUT2D eigenvalue weighted by Gasteiger charge is -2.34. The highest BCUT2D eigenvalue weighted by atomic mass is 35.5. The van der Waals surface area contributed by atoms with Crippen molar-refractivity contribution in [3.63, 3.8) is 0 Å². The van der Waals surface area contributed by atoms with Crippen LogP contribution in [0.1, 0.15) is 25.3 Å². The molecule has 1 atom stereocenters. The second-order valence-corrected chi connectivity index (χ2v) is 10.1. The number of carbonyl (C=O) groups is 1. The van der Waals surface area contributed by atoms with Gasteiger partial charge in [0.25, 0.3) is 15.9 Å². The van der Waals surface area contributed by atoms with Gasteiger partial charge >= 0.3 is 0 Å². The Morgan fingerprint density at radius 2 is 1.69 bits per heavy atom. The first-order chi connectivity index (χ1) is 15.3. The summed E-state index contributed by atoms with van der Waals surface area (Å²) in [6.45, 7) is 4.03. The van der Waals surface area contributed by atoms with Crippen LogP contribution < -0.4 is 14.4 Å². The Labute approximate surface area is 192 Å². The molecule has 0 fully saturated rings. The SMILES string of the molecule is CC(C)c1ccc(NC(=O)C2CN(S(=O)(=O)c3ccc(Cl)cc3)c3ccccc3O2)cc1. The number of halogens is 1. The molecule has 8 heteroatoms. The first kappa shape index (κ1) is 22.2. The van der Waals surface area contributed by atoms with Crippen molar-refractivity contribution in [3.8, 4) is 5.75 Å². The van der Waals surface area contributed by atoms with Gasteiger partial charge in [-0.1, -0.05) is 49.7 Å². The lowest BCUT2D eigenvalue weighted by atomic mass is 10.0. The number of para-hydroxylation sites is 2. The van der Waals surface area contributed by atoms with Crippen molar-refractivity contribution >= 4 is 38.9 Å². The summed E-state index contributed by atoms with van der Waals surface area (Å²) in [6, 6.07) is 20.2. The summed E-state index contributed by atoms with van der Waals surface area (Å²) < 4.78 is 33.8. The molecule has 32 heavy (non-hydrogen) atoms. The molecule has 0 bridgehead atoms. The molecule has 1 aliphatic heterocycles. The maximum absolute atomic E-state index is 13.4. The molecular weight excluding hydrogens is 448 g/mol. The smallest absolute Gasteiger partial charge is 0.267 e. The minimum Gasteiger partial charge on any atom is -0.476 e. The summed E-state index contributed by atoms with van der Waals surface area (Å²) in [4.78, 5) is 13.1. The van der Waals surface area contributed by atoms with E-state index in [4.69, 9.17) is 16.3 Å². The van der Waals surface area contributed by atoms with E-state index in [2.05, 4.69) is 19.2 Å². The van der Waals surface area contributed by atoms with Crippen molar-refractivity contribution in [1.82, 2.24) is 0 Å². The van der Waals surface area contributed by atoms with Gasteiger partial charge in [-0.15, -0.1) is 0 Å². The zero-order chi connectivity index (χ0) is 22.9. The Hall–Kier alpha value is -3.03. The number of nitrogens with one attached hydrogen (secondary N) is 1. The Morgan fingerprint density at radius 1 is 1.03 bits per heavy atom. The van der Waals surface area contributed by atoms with Crippen LogP contribution in [-0.2, 0) is 14.8 Å². The predicted molar refractivity (Wildman–Crippen MR) is 126 cm³/mol. The summed E-state index contributed by atoms with van der Waals surface area (Å²) in [5, 5.41) is 3.26. The Balaban J connectivity index is 1.62. The fourth-order valence-electron chi connectivity index (χ4n) is 3.47. The van der Waals surface area contributed by atoms with Crippen LogP contribution in [0.5, 0.6) is 5.75 Å². The molecule has 3 aromatic carbocycles. The fraction of sp³-hybridized carbons (Fsp3) is 0.208. The van der Waals surface area contributed by atoms with E-state index in [0.717, 1.165) is 5.56 Å². The van der Waals surface area contributed by atoms with Gasteiger partial charge < -0.3 is 10.1 Å². The van der Waals surface area contributed by atoms with Gasteiger partial charge in [-0.2, -0.15) is 0 Å². The largest absolute Gasteiger partial charge is 0.476 e. The van der Waals surface area contributed by atoms with Crippen molar-refractivity contribution in [2.45, 2.75) is 30.8 Å². The third-order valence-electron chi connectivity index (χ3n) is 5.27. The van der Waals surface area contributed by atoms with E-state index in [-0.39, 0.29) is 11.4 Å². The van der Waals surface area contributed by atoms with Crippen LogP contribution in [0, 0.1) is 0 Å². The van der Waals surface area contributed by atoms with Gasteiger partial charge in [-0.3, -0.25) is 9.10 Å². The van der Waals surface area contributed by atoms with Crippen LogP contribution in [0.4, 0.5) is 11.4 Å². The van der Waals surface area contributed by atoms with Crippen LogP contribution in [0.25, 0.3) is 0 Å². The van der Waals surface area contributed by atoms with Crippen LogP contribution in [0.15, 0.2) is 77.7 Å². The molecule has 0 aromatic heterocycles. The average molecular weight is 471 g/mol. The molecule has 3 aromatic rings. The van der Waals surface area contributed by atoms with Crippen LogP contribution in [0.2, 0.25) is 5.02 Å². The van der Waals surface area contributed by atoms with Crippen LogP contribution in [-0.4, -0.2) is 27.0 Å². The quantitative estimate of drug-likeness (QED) is 0.565. The lowest BCUT2D eigenvalue weighted by Crippen LogP contribution is -2.48. The molecule has 6 nitrogen and oxygen atoms in total. The number of ether oxygens (including phenoxy) is 1. The number of rotatable bonds is 5. The minimum absolute atomic E-state index is 0.0852. The molecule has 0 spiro atoms. The predicted octanol–water partition coefficient (Wildman–Crippen LogP) is 5.06. The van der Waals surface area contributed by atoms with Crippen LogP contribution >= 0.6 is 11.6 Å². The van der Waals surface area contributed by atoms with Crippen molar-refractivity contribution < 1.29 is 17.9 Å². The Morgan fingerprint density at radius 3 is 2.34 bits per heavy atom. The first-order valence-electron chi connectivity index (χ1n) is 10.2. The van der Waals surface area contributed by atoms with E-state index in [1.165, 1.54) is 28.6 Å². The van der Waals surface area contributed by atoms with E-state index in [1.807, 2.05) is 24.3 Å². The lowest BCUT2D eigenvalue weighted by molar-refractivity contribution is -0.122. The number of hydrogen-bond acceptors (Lipinski definition) is 4. The van der Waals surface area contributed by atoms with Gasteiger partial charge in [-0.05, 0) is 60.0 Å². The number of amides is 1. The molecule has 1 aliphatic rings. The van der Waals surface area contributed by atoms with Crippen molar-refractivity contribution in [1.29, 1.82) is 0 Å². The summed E-state index contributed by atoms with van der Waals surface area (Å²) in [7, 11) is -3.93. The third kappa shape index (κ3) is 4.45. The summed E-state index contributed by atoms with van der Waals surface area (Å²) in [5.41, 5.74) is 2.16. The molecule has 0 aliphatic carbocycles. The highest BCUT2D eigenvalue weighted by Crippen LogP contribution is 2.37. The van der Waals surface area contributed by atoms with Gasteiger partial charge in [0, 0.05) is 10.7 Å². The van der Waals surface area contributed by atoms with E-state index >= 15 is 0 Å². The van der Waals surface area contributed by atoms with Gasteiger partial charge in [-0.25, -0.2) is 8.42 Å². The third-order valence-corrected chi connectivity index (χ3v) is 7.32. The van der Waals surface area contributed by atoms with Gasteiger partial charge in [0.1, 0.15) is 5.75 Å². The molecule has 0 saturated carbocycles. The number of carbonyl (C=O) groups excluding carboxylic acids is 1. The number of benzene rings is 3. The van der Waals surface area contributed by atoms with Crippen LogP contribution in [0.3, 0.4) is 0 Å². The number of hydrogen-bond donors (Lipinski definition) is 1. The number of anilines is 2. The second-order valence-electron chi connectivity index (χ2n) is 7.83. The number of sulfonamides is 1. The maximum atomic E-state index is 13.4. The van der Waals surface area contributed by atoms with E-state index < -0.39 is 22.0 Å². The molecule has 1 heterocycles. The standard InChI is InChI=1S/C24H23ClN2O4S/c1-16(2)17-7-11-19(12-8-17)26-24(28)23-15-27(21-5-3-4-6-22(21)31-23)32(29,30)20-13-9-18(25)10-14-20/h3-14,16,23H,15H2,1-2H3,(H,26,28). The minimum atomic E-state index is -3.93. The second kappa shape index (κ2) is 8.84. The normalized spacial score (nSPS) is 15.8. The fourth-order valence-corrected chi connectivity index (χ4v) is 5.08. The molecule has 166 valence electrons. The molecular formula is C24H23ClN2O4S. The van der Waals surface area contributed by atoms with Crippen molar-refractivity contribution in [2.75, 3.05) is 16.2 Å². The highest BCUT2D eigenvalue weighted by molar-refractivity contribution is 7.92. The van der Waals surface area contributed by atoms with Gasteiger partial charge in [0.15, 0.2) is 6.10 Å². The Kier molecular flexibility index (Phi) is 6.13. The summed E-state index contributed by atoms with van der Waals surface area (Å²) >= 11 is 5.92. The van der Waals surface area contributed by atoms with E-state index in [0.29, 0.717) is 28.1 Å². The van der Waals surface area contributed by atoms with Gasteiger partial charge in [0.2, 0.25) is 0 Å². The zero-order valence-electron chi connectivity index (χ0n) is 17.7. The molecule has 1 unspecified atom stereocenters. The number of nitrogens with zero attached hydrogens (tertiary/aromatic N) is 1. The molecule has 1 N–H and O–H groups in total. The monoisotopic (exact) mass is 470 g/mol. The van der Waals surface area contributed by atoms with Crippen molar-refractivity contribution in [2.24, 2.45) is 0 Å². The number of fused-ring (bicyclic) bond motifs is 1. The first-order valence-corrected chi connectivity index (χ1v) is 12.0. The molecule has 4 rings (SSSR count). The zero-order valence-corrected chi connectivity index (χ0v) is 19.2. The average Bonchev–Trinajstić information content (AvgIpc) is 2.79. The van der Waals surface area contributed by atoms with E-state index in [9.17, 15) is 13.2 Å². The summed E-state index contributed by atoms with van der Waals surface area (Å²) in [5.74, 6) is 0.282. The topological polar surface area (TPSA) is 75.7 Å². The molecule has 0 saturated heterocycles. The molecule has 0 radical (unpaired) electrons. The molecule has 1 amide bonds. The maximum Gasteiger partial charge on any atom is 0.267 e. The van der Waals surface area contributed by atoms with E-state index in [1.54, 1.807) is 24.3 Å². The Bertz CT molecular complexity index is 1230.